The zero-order valence-corrected chi connectivity index (χ0v) is 16.2. The molecular weight excluding hydrogens is 346 g/mol. The van der Waals surface area contributed by atoms with Crippen LogP contribution in [0.2, 0.25) is 5.02 Å². The predicted molar refractivity (Wildman–Crippen MR) is 106 cm³/mol. The summed E-state index contributed by atoms with van der Waals surface area (Å²) in [6, 6.07) is 8.53. The second kappa shape index (κ2) is 8.11. The summed E-state index contributed by atoms with van der Waals surface area (Å²) < 4.78 is 0. The van der Waals surface area contributed by atoms with Crippen LogP contribution in [0.5, 0.6) is 0 Å². The number of benzene rings is 1. The molecule has 0 saturated carbocycles. The number of thiophene rings is 1. The Hall–Kier alpha value is -1.14. The average Bonchev–Trinajstić information content (AvgIpc) is 2.96. The van der Waals surface area contributed by atoms with Crippen LogP contribution in [0.1, 0.15) is 22.0 Å². The van der Waals surface area contributed by atoms with E-state index in [1.807, 2.05) is 19.9 Å². The van der Waals surface area contributed by atoms with E-state index in [0.717, 1.165) is 23.4 Å². The Kier molecular flexibility index (Phi) is 6.41. The maximum atomic E-state index is 6.32. The van der Waals surface area contributed by atoms with Crippen LogP contribution in [0.3, 0.4) is 0 Å². The second-order valence-corrected chi connectivity index (χ2v) is 7.56. The van der Waals surface area contributed by atoms with E-state index in [1.165, 1.54) is 4.88 Å². The van der Waals surface area contributed by atoms with Gasteiger partial charge in [0.05, 0.1) is 16.8 Å². The van der Waals surface area contributed by atoms with Crippen molar-refractivity contribution in [2.45, 2.75) is 19.9 Å². The molecule has 0 amide bonds. The highest BCUT2D eigenvalue weighted by Crippen LogP contribution is 2.27. The molecular formula is C17H22ClN3S2. The first kappa shape index (κ1) is 18.2. The van der Waals surface area contributed by atoms with Crippen molar-refractivity contribution < 1.29 is 0 Å². The molecule has 0 aliphatic rings. The molecule has 0 fully saturated rings. The van der Waals surface area contributed by atoms with Crippen molar-refractivity contribution in [3.05, 3.63) is 50.7 Å². The number of anilines is 1. The predicted octanol–water partition coefficient (Wildman–Crippen LogP) is 4.61. The van der Waals surface area contributed by atoms with E-state index < -0.39 is 0 Å². The quantitative estimate of drug-likeness (QED) is 0.755. The third kappa shape index (κ3) is 4.91. The molecule has 1 aromatic carbocycles. The number of rotatable bonds is 5. The number of halogens is 1. The standard InChI is InChI=1S/C17H22ClN3S2/c1-11-8-12(2)16(13(18)9-11)20-17(22)19-10-14(21(3)4)15-6-5-7-23-15/h5-9,14H,10H2,1-4H3,(H2,19,20,22)/t14-/m0/s1. The third-order valence-corrected chi connectivity index (χ3v) is 5.14. The van der Waals surface area contributed by atoms with Gasteiger partial charge in [-0.05, 0) is 68.8 Å². The Labute approximate surface area is 152 Å². The van der Waals surface area contributed by atoms with Crippen LogP contribution in [-0.4, -0.2) is 30.7 Å². The van der Waals surface area contributed by atoms with E-state index >= 15 is 0 Å². The number of hydrogen-bond donors (Lipinski definition) is 2. The Morgan fingerprint density at radius 1 is 1.35 bits per heavy atom. The average molecular weight is 368 g/mol. The molecule has 0 unspecified atom stereocenters. The molecule has 124 valence electrons. The van der Waals surface area contributed by atoms with Crippen molar-refractivity contribution in [1.82, 2.24) is 10.2 Å². The van der Waals surface area contributed by atoms with Gasteiger partial charge in [0.25, 0.3) is 0 Å². The second-order valence-electron chi connectivity index (χ2n) is 5.77. The van der Waals surface area contributed by atoms with Crippen molar-refractivity contribution in [1.29, 1.82) is 0 Å². The number of likely N-dealkylation sites (N-methyl/N-ethyl adjacent to an activating group) is 1. The fraction of sp³-hybridized carbons (Fsp3) is 0.353. The number of nitrogens with zero attached hydrogens (tertiary/aromatic N) is 1. The van der Waals surface area contributed by atoms with Gasteiger partial charge in [0, 0.05) is 11.4 Å². The molecule has 0 radical (unpaired) electrons. The van der Waals surface area contributed by atoms with E-state index in [2.05, 4.69) is 53.2 Å². The largest absolute Gasteiger partial charge is 0.360 e. The van der Waals surface area contributed by atoms with E-state index in [9.17, 15) is 0 Å². The number of thiocarbonyl (C=S) groups is 1. The zero-order valence-electron chi connectivity index (χ0n) is 13.8. The Balaban J connectivity index is 2.00. The molecule has 0 saturated heterocycles. The molecule has 6 heteroatoms. The number of aryl methyl sites for hydroxylation is 2. The highest BCUT2D eigenvalue weighted by atomic mass is 35.5. The summed E-state index contributed by atoms with van der Waals surface area (Å²) >= 11 is 13.5. The minimum atomic E-state index is 0.282. The molecule has 0 aliphatic heterocycles. The van der Waals surface area contributed by atoms with Gasteiger partial charge in [-0.2, -0.15) is 0 Å². The van der Waals surface area contributed by atoms with Gasteiger partial charge >= 0.3 is 0 Å². The molecule has 1 aromatic heterocycles. The Morgan fingerprint density at radius 3 is 2.65 bits per heavy atom. The minimum absolute atomic E-state index is 0.282. The third-order valence-electron chi connectivity index (χ3n) is 3.62. The van der Waals surface area contributed by atoms with Gasteiger partial charge in [-0.3, -0.25) is 0 Å². The van der Waals surface area contributed by atoms with Gasteiger partial charge < -0.3 is 15.5 Å². The van der Waals surface area contributed by atoms with Crippen LogP contribution in [0.4, 0.5) is 5.69 Å². The summed E-state index contributed by atoms with van der Waals surface area (Å²) in [7, 11) is 4.15. The summed E-state index contributed by atoms with van der Waals surface area (Å²) in [6.07, 6.45) is 0. The van der Waals surface area contributed by atoms with E-state index in [1.54, 1.807) is 11.3 Å². The molecule has 1 heterocycles. The van der Waals surface area contributed by atoms with Crippen LogP contribution in [0.15, 0.2) is 29.6 Å². The highest BCUT2D eigenvalue weighted by molar-refractivity contribution is 7.80. The summed E-state index contributed by atoms with van der Waals surface area (Å²) in [5, 5.41) is 9.88. The zero-order chi connectivity index (χ0) is 17.0. The number of hydrogen-bond acceptors (Lipinski definition) is 3. The topological polar surface area (TPSA) is 27.3 Å². The smallest absolute Gasteiger partial charge is 0.170 e. The SMILES string of the molecule is Cc1cc(C)c(NC(=S)NC[C@@H](c2cccs2)N(C)C)c(Cl)c1. The lowest BCUT2D eigenvalue weighted by molar-refractivity contribution is 0.303. The lowest BCUT2D eigenvalue weighted by Gasteiger charge is -2.24. The molecule has 1 atom stereocenters. The molecule has 2 aromatic rings. The van der Waals surface area contributed by atoms with Gasteiger partial charge in [-0.15, -0.1) is 11.3 Å². The normalized spacial score (nSPS) is 12.3. The molecule has 2 rings (SSSR count). The first-order valence-electron chi connectivity index (χ1n) is 7.40. The first-order valence-corrected chi connectivity index (χ1v) is 9.06. The van der Waals surface area contributed by atoms with Crippen molar-refractivity contribution in [2.24, 2.45) is 0 Å². The summed E-state index contributed by atoms with van der Waals surface area (Å²) in [4.78, 5) is 3.50. The summed E-state index contributed by atoms with van der Waals surface area (Å²) in [5.74, 6) is 0. The van der Waals surface area contributed by atoms with E-state index in [-0.39, 0.29) is 6.04 Å². The molecule has 0 aliphatic carbocycles. The Morgan fingerprint density at radius 2 is 2.09 bits per heavy atom. The maximum absolute atomic E-state index is 6.32. The van der Waals surface area contributed by atoms with Gasteiger partial charge in [0.15, 0.2) is 5.11 Å². The van der Waals surface area contributed by atoms with Crippen molar-refractivity contribution in [3.63, 3.8) is 0 Å². The fourth-order valence-electron chi connectivity index (χ4n) is 2.44. The highest BCUT2D eigenvalue weighted by Gasteiger charge is 2.15. The summed E-state index contributed by atoms with van der Waals surface area (Å²) in [6.45, 7) is 4.79. The first-order chi connectivity index (χ1) is 10.9. The van der Waals surface area contributed by atoms with Gasteiger partial charge in [-0.25, -0.2) is 0 Å². The van der Waals surface area contributed by atoms with Gasteiger partial charge in [0.1, 0.15) is 0 Å². The van der Waals surface area contributed by atoms with Gasteiger partial charge in [-0.1, -0.05) is 23.7 Å². The lowest BCUT2D eigenvalue weighted by Crippen LogP contribution is -2.36. The maximum Gasteiger partial charge on any atom is 0.170 e. The van der Waals surface area contributed by atoms with Crippen molar-refractivity contribution in [3.8, 4) is 0 Å². The van der Waals surface area contributed by atoms with Crippen LogP contribution in [0, 0.1) is 13.8 Å². The minimum Gasteiger partial charge on any atom is -0.360 e. The molecule has 3 nitrogen and oxygen atoms in total. The number of nitrogens with one attached hydrogen (secondary N) is 2. The van der Waals surface area contributed by atoms with Crippen LogP contribution >= 0.6 is 35.2 Å². The van der Waals surface area contributed by atoms with Crippen molar-refractivity contribution >= 4 is 46.0 Å². The van der Waals surface area contributed by atoms with Crippen LogP contribution in [0.25, 0.3) is 0 Å². The molecule has 23 heavy (non-hydrogen) atoms. The molecule has 0 bridgehead atoms. The van der Waals surface area contributed by atoms with Crippen molar-refractivity contribution in [2.75, 3.05) is 26.0 Å². The fourth-order valence-corrected chi connectivity index (χ4v) is 3.92. The van der Waals surface area contributed by atoms with E-state index in [0.29, 0.717) is 10.1 Å². The molecule has 0 spiro atoms. The van der Waals surface area contributed by atoms with Crippen LogP contribution in [-0.2, 0) is 0 Å². The Bertz CT molecular complexity index is 645. The monoisotopic (exact) mass is 367 g/mol. The van der Waals surface area contributed by atoms with Crippen LogP contribution < -0.4 is 10.6 Å². The lowest BCUT2D eigenvalue weighted by atomic mass is 10.1. The summed E-state index contributed by atoms with van der Waals surface area (Å²) in [5.41, 5.74) is 3.09. The van der Waals surface area contributed by atoms with Gasteiger partial charge in [0.2, 0.25) is 0 Å². The van der Waals surface area contributed by atoms with E-state index in [4.69, 9.17) is 23.8 Å². The molecule has 2 N–H and O–H groups in total.